The van der Waals surface area contributed by atoms with Gasteiger partial charge in [-0.2, -0.15) is 0 Å². The molecule has 0 spiro atoms. The fourth-order valence-electron chi connectivity index (χ4n) is 1.98. The molecule has 4 nitrogen and oxygen atoms in total. The first-order valence-corrected chi connectivity index (χ1v) is 6.98. The molecular formula is C15H20ClNO3. The van der Waals surface area contributed by atoms with E-state index >= 15 is 0 Å². The molecular weight excluding hydrogens is 278 g/mol. The molecule has 0 fully saturated rings. The molecule has 0 amide bonds. The number of carbonyl (C=O) groups excluding carboxylic acids is 2. The monoisotopic (exact) mass is 297 g/mol. The molecule has 110 valence electrons. The number of likely N-dealkylation sites (N-methyl/N-ethyl adjacent to an activating group) is 1. The number of hydrogen-bond acceptors (Lipinski definition) is 4. The second-order valence-electron chi connectivity index (χ2n) is 4.55. The highest BCUT2D eigenvalue weighted by atomic mass is 35.5. The first-order chi connectivity index (χ1) is 9.49. The standard InChI is InChI=1S/C15H20ClNO3/c1-4-17-13(7-8-14(18)20-3)15(19)12-9-11(16)6-5-10(12)2/h5-6,9,13,17H,4,7-8H2,1-3H3. The molecule has 0 radical (unpaired) electrons. The van der Waals surface area contributed by atoms with Gasteiger partial charge in [0, 0.05) is 17.0 Å². The van der Waals surface area contributed by atoms with E-state index in [1.807, 2.05) is 19.9 Å². The summed E-state index contributed by atoms with van der Waals surface area (Å²) in [6.07, 6.45) is 0.616. The molecule has 1 unspecified atom stereocenters. The highest BCUT2D eigenvalue weighted by Crippen LogP contribution is 2.18. The number of rotatable bonds is 7. The van der Waals surface area contributed by atoms with Crippen molar-refractivity contribution in [2.24, 2.45) is 0 Å². The van der Waals surface area contributed by atoms with Gasteiger partial charge in [0.2, 0.25) is 0 Å². The van der Waals surface area contributed by atoms with Crippen LogP contribution in [0.1, 0.15) is 35.7 Å². The van der Waals surface area contributed by atoms with Crippen LogP contribution in [0.15, 0.2) is 18.2 Å². The Bertz CT molecular complexity index is 488. The molecule has 0 saturated heterocycles. The largest absolute Gasteiger partial charge is 0.469 e. The fraction of sp³-hybridized carbons (Fsp3) is 0.467. The molecule has 5 heteroatoms. The molecule has 20 heavy (non-hydrogen) atoms. The van der Waals surface area contributed by atoms with Crippen LogP contribution in [0.3, 0.4) is 0 Å². The Morgan fingerprint density at radius 1 is 1.40 bits per heavy atom. The Kier molecular flexibility index (Phi) is 6.68. The normalized spacial score (nSPS) is 12.0. The Balaban J connectivity index is 2.87. The lowest BCUT2D eigenvalue weighted by molar-refractivity contribution is -0.140. The number of nitrogens with one attached hydrogen (secondary N) is 1. The minimum atomic E-state index is -0.406. The van der Waals surface area contributed by atoms with E-state index < -0.39 is 6.04 Å². The molecule has 0 aliphatic heterocycles. The number of aryl methyl sites for hydroxylation is 1. The third-order valence-corrected chi connectivity index (χ3v) is 3.33. The first kappa shape index (κ1) is 16.7. The van der Waals surface area contributed by atoms with E-state index in [4.69, 9.17) is 11.6 Å². The molecule has 1 atom stereocenters. The van der Waals surface area contributed by atoms with Gasteiger partial charge in [0.25, 0.3) is 0 Å². The highest BCUT2D eigenvalue weighted by molar-refractivity contribution is 6.31. The molecule has 0 bridgehead atoms. The number of halogens is 1. The van der Waals surface area contributed by atoms with Crippen molar-refractivity contribution in [2.45, 2.75) is 32.7 Å². The first-order valence-electron chi connectivity index (χ1n) is 6.60. The number of hydrogen-bond donors (Lipinski definition) is 1. The molecule has 0 saturated carbocycles. The number of Topliss-reactive ketones (excluding diaryl/α,β-unsaturated/α-hetero) is 1. The molecule has 1 aromatic rings. The van der Waals surface area contributed by atoms with Gasteiger partial charge in [0.15, 0.2) is 5.78 Å². The number of ketones is 1. The maximum absolute atomic E-state index is 12.5. The third kappa shape index (κ3) is 4.62. The Hall–Kier alpha value is -1.39. The van der Waals surface area contributed by atoms with Crippen molar-refractivity contribution < 1.29 is 14.3 Å². The van der Waals surface area contributed by atoms with Gasteiger partial charge in [-0.3, -0.25) is 9.59 Å². The number of benzene rings is 1. The van der Waals surface area contributed by atoms with Gasteiger partial charge in [-0.05, 0) is 37.6 Å². The average molecular weight is 298 g/mol. The van der Waals surface area contributed by atoms with Crippen molar-refractivity contribution in [3.8, 4) is 0 Å². The van der Waals surface area contributed by atoms with Gasteiger partial charge in [0.1, 0.15) is 0 Å². The zero-order valence-corrected chi connectivity index (χ0v) is 12.8. The molecule has 0 aliphatic rings. The lowest BCUT2D eigenvalue weighted by Gasteiger charge is -2.17. The van der Waals surface area contributed by atoms with Crippen LogP contribution in [0.2, 0.25) is 5.02 Å². The summed E-state index contributed by atoms with van der Waals surface area (Å²) in [5.41, 5.74) is 1.47. The van der Waals surface area contributed by atoms with Crippen LogP contribution in [0.25, 0.3) is 0 Å². The van der Waals surface area contributed by atoms with Crippen LogP contribution < -0.4 is 5.32 Å². The van der Waals surface area contributed by atoms with Crippen molar-refractivity contribution in [1.29, 1.82) is 0 Å². The third-order valence-electron chi connectivity index (χ3n) is 3.10. The van der Waals surface area contributed by atoms with Crippen LogP contribution in [-0.2, 0) is 9.53 Å². The predicted octanol–water partition coefficient (Wildman–Crippen LogP) is 2.76. The van der Waals surface area contributed by atoms with Gasteiger partial charge < -0.3 is 10.1 Å². The summed E-state index contributed by atoms with van der Waals surface area (Å²) in [4.78, 5) is 23.8. The van der Waals surface area contributed by atoms with Crippen LogP contribution in [0.5, 0.6) is 0 Å². The van der Waals surface area contributed by atoms with E-state index in [1.54, 1.807) is 12.1 Å². The molecule has 0 aliphatic carbocycles. The van der Waals surface area contributed by atoms with Crippen LogP contribution >= 0.6 is 11.6 Å². The average Bonchev–Trinajstić information content (AvgIpc) is 2.44. The summed E-state index contributed by atoms with van der Waals surface area (Å²) in [5, 5.41) is 3.64. The van der Waals surface area contributed by atoms with Gasteiger partial charge in [-0.25, -0.2) is 0 Å². The van der Waals surface area contributed by atoms with Gasteiger partial charge in [0.05, 0.1) is 13.2 Å². The van der Waals surface area contributed by atoms with Gasteiger partial charge in [-0.15, -0.1) is 0 Å². The van der Waals surface area contributed by atoms with Crippen LogP contribution in [0, 0.1) is 6.92 Å². The Morgan fingerprint density at radius 3 is 2.70 bits per heavy atom. The van der Waals surface area contributed by atoms with E-state index in [2.05, 4.69) is 10.1 Å². The van der Waals surface area contributed by atoms with E-state index in [0.29, 0.717) is 23.6 Å². The summed E-state index contributed by atoms with van der Waals surface area (Å²) in [6, 6.07) is 4.83. The van der Waals surface area contributed by atoms with E-state index in [-0.39, 0.29) is 18.2 Å². The van der Waals surface area contributed by atoms with Crippen molar-refractivity contribution in [1.82, 2.24) is 5.32 Å². The van der Waals surface area contributed by atoms with Crippen LogP contribution in [-0.4, -0.2) is 31.4 Å². The van der Waals surface area contributed by atoms with E-state index in [9.17, 15) is 9.59 Å². The molecule has 0 aromatic heterocycles. The fourth-order valence-corrected chi connectivity index (χ4v) is 2.16. The highest BCUT2D eigenvalue weighted by Gasteiger charge is 2.21. The molecule has 1 aromatic carbocycles. The number of carbonyl (C=O) groups is 2. The molecule has 1 rings (SSSR count). The zero-order chi connectivity index (χ0) is 15.1. The maximum Gasteiger partial charge on any atom is 0.305 e. The zero-order valence-electron chi connectivity index (χ0n) is 12.0. The van der Waals surface area contributed by atoms with E-state index in [1.165, 1.54) is 7.11 Å². The Labute approximate surface area is 124 Å². The summed E-state index contributed by atoms with van der Waals surface area (Å²) in [5.74, 6) is -0.362. The van der Waals surface area contributed by atoms with Crippen molar-refractivity contribution >= 4 is 23.4 Å². The van der Waals surface area contributed by atoms with Crippen molar-refractivity contribution in [3.05, 3.63) is 34.3 Å². The second kappa shape index (κ2) is 8.02. The van der Waals surface area contributed by atoms with Crippen molar-refractivity contribution in [2.75, 3.05) is 13.7 Å². The summed E-state index contributed by atoms with van der Waals surface area (Å²) >= 11 is 5.95. The topological polar surface area (TPSA) is 55.4 Å². The number of methoxy groups -OCH3 is 1. The minimum absolute atomic E-state index is 0.0456. The maximum atomic E-state index is 12.5. The van der Waals surface area contributed by atoms with Crippen LogP contribution in [0.4, 0.5) is 0 Å². The number of esters is 1. The summed E-state index contributed by atoms with van der Waals surface area (Å²) in [7, 11) is 1.34. The molecule has 1 N–H and O–H groups in total. The van der Waals surface area contributed by atoms with Crippen molar-refractivity contribution in [3.63, 3.8) is 0 Å². The predicted molar refractivity (Wildman–Crippen MR) is 79.2 cm³/mol. The summed E-state index contributed by atoms with van der Waals surface area (Å²) < 4.78 is 4.61. The quantitative estimate of drug-likeness (QED) is 0.621. The van der Waals surface area contributed by atoms with Gasteiger partial charge in [-0.1, -0.05) is 24.6 Å². The van der Waals surface area contributed by atoms with E-state index in [0.717, 1.165) is 5.56 Å². The van der Waals surface area contributed by atoms with Gasteiger partial charge >= 0.3 is 5.97 Å². The number of ether oxygens (including phenoxy) is 1. The molecule has 0 heterocycles. The lowest BCUT2D eigenvalue weighted by atomic mass is 9.96. The summed E-state index contributed by atoms with van der Waals surface area (Å²) in [6.45, 7) is 4.44. The lowest BCUT2D eigenvalue weighted by Crippen LogP contribution is -2.37. The smallest absolute Gasteiger partial charge is 0.305 e. The Morgan fingerprint density at radius 2 is 2.10 bits per heavy atom. The SMILES string of the molecule is CCNC(CCC(=O)OC)C(=O)c1cc(Cl)ccc1C. The minimum Gasteiger partial charge on any atom is -0.469 e. The second-order valence-corrected chi connectivity index (χ2v) is 4.99.